The van der Waals surface area contributed by atoms with Gasteiger partial charge in [-0.25, -0.2) is 0 Å². The molecule has 0 unspecified atom stereocenters. The summed E-state index contributed by atoms with van der Waals surface area (Å²) in [5.41, 5.74) is 2.27. The first-order chi connectivity index (χ1) is 8.15. The van der Waals surface area contributed by atoms with Crippen LogP contribution in [0.1, 0.15) is 24.6 Å². The first kappa shape index (κ1) is 14.0. The lowest BCUT2D eigenvalue weighted by atomic mass is 10.2. The van der Waals surface area contributed by atoms with Crippen LogP contribution >= 0.6 is 0 Å². The Kier molecular flexibility index (Phi) is 5.44. The van der Waals surface area contributed by atoms with Crippen molar-refractivity contribution in [1.29, 1.82) is 0 Å². The lowest BCUT2D eigenvalue weighted by Crippen LogP contribution is -2.30. The van der Waals surface area contributed by atoms with Crippen LogP contribution in [0.2, 0.25) is 0 Å². The number of aryl methyl sites for hydroxylation is 2. The Morgan fingerprint density at radius 3 is 2.65 bits per heavy atom. The largest absolute Gasteiger partial charge is 0.395 e. The van der Waals surface area contributed by atoms with E-state index in [-0.39, 0.29) is 6.61 Å². The Balaban J connectivity index is 3.06. The zero-order chi connectivity index (χ0) is 12.8. The van der Waals surface area contributed by atoms with Gasteiger partial charge >= 0.3 is 0 Å². The molecule has 98 valence electrons. The molecule has 0 atom stereocenters. The van der Waals surface area contributed by atoms with Gasteiger partial charge in [-0.3, -0.25) is 4.68 Å². The van der Waals surface area contributed by atoms with Gasteiger partial charge in [0.05, 0.1) is 12.3 Å². The number of hydrogen-bond acceptors (Lipinski definition) is 4. The summed E-state index contributed by atoms with van der Waals surface area (Å²) in [7, 11) is 3.90. The number of rotatable bonds is 7. The molecule has 0 aromatic carbocycles. The number of nitrogens with one attached hydrogen (secondary N) is 1. The summed E-state index contributed by atoms with van der Waals surface area (Å²) in [6.45, 7) is 6.74. The number of anilines is 1. The Bertz CT molecular complexity index is 343. The molecule has 1 heterocycles. The molecule has 5 heteroatoms. The number of aromatic nitrogens is 2. The van der Waals surface area contributed by atoms with E-state index in [1.807, 2.05) is 25.7 Å². The van der Waals surface area contributed by atoms with Gasteiger partial charge < -0.3 is 15.3 Å². The molecule has 0 radical (unpaired) electrons. The van der Waals surface area contributed by atoms with E-state index >= 15 is 0 Å². The van der Waals surface area contributed by atoms with E-state index in [1.165, 1.54) is 5.56 Å². The van der Waals surface area contributed by atoms with E-state index < -0.39 is 0 Å². The van der Waals surface area contributed by atoms with Gasteiger partial charge in [-0.2, -0.15) is 5.10 Å². The fourth-order valence-electron chi connectivity index (χ4n) is 2.18. The van der Waals surface area contributed by atoms with Crippen LogP contribution in [0.3, 0.4) is 0 Å². The zero-order valence-electron chi connectivity index (χ0n) is 11.3. The second-order valence-electron chi connectivity index (χ2n) is 4.25. The maximum Gasteiger partial charge on any atom is 0.131 e. The molecule has 2 N–H and O–H groups in total. The van der Waals surface area contributed by atoms with Crippen molar-refractivity contribution < 1.29 is 5.11 Å². The van der Waals surface area contributed by atoms with Gasteiger partial charge in [0.15, 0.2) is 0 Å². The molecule has 17 heavy (non-hydrogen) atoms. The lowest BCUT2D eigenvalue weighted by Gasteiger charge is -2.24. The fraction of sp³-hybridized carbons (Fsp3) is 0.750. The second-order valence-corrected chi connectivity index (χ2v) is 4.25. The van der Waals surface area contributed by atoms with E-state index in [0.717, 1.165) is 31.0 Å². The summed E-state index contributed by atoms with van der Waals surface area (Å²) in [6.07, 6.45) is 1.06. The normalized spacial score (nSPS) is 10.9. The van der Waals surface area contributed by atoms with Gasteiger partial charge in [-0.15, -0.1) is 0 Å². The minimum atomic E-state index is 0.170. The number of nitrogens with zero attached hydrogens (tertiary/aromatic N) is 3. The number of aliphatic hydroxyl groups excluding tert-OH is 1. The number of aliphatic hydroxyl groups is 1. The van der Waals surface area contributed by atoms with Crippen LogP contribution in [0, 0.1) is 6.92 Å². The van der Waals surface area contributed by atoms with Crippen LogP contribution in [0.15, 0.2) is 0 Å². The van der Waals surface area contributed by atoms with Gasteiger partial charge in [0, 0.05) is 32.2 Å². The first-order valence-electron chi connectivity index (χ1n) is 6.18. The van der Waals surface area contributed by atoms with E-state index in [2.05, 4.69) is 22.2 Å². The van der Waals surface area contributed by atoms with Gasteiger partial charge in [0.1, 0.15) is 5.82 Å². The molecule has 0 saturated carbocycles. The van der Waals surface area contributed by atoms with Crippen LogP contribution in [0.5, 0.6) is 0 Å². The third-order valence-corrected chi connectivity index (χ3v) is 2.83. The Labute approximate surface area is 103 Å². The average molecular weight is 240 g/mol. The quantitative estimate of drug-likeness (QED) is 0.735. The molecule has 5 nitrogen and oxygen atoms in total. The maximum absolute atomic E-state index is 9.16. The summed E-state index contributed by atoms with van der Waals surface area (Å²) in [4.78, 5) is 2.20. The highest BCUT2D eigenvalue weighted by atomic mass is 16.3. The molecule has 0 aliphatic carbocycles. The van der Waals surface area contributed by atoms with E-state index in [1.54, 1.807) is 0 Å². The molecule has 0 fully saturated rings. The minimum absolute atomic E-state index is 0.170. The van der Waals surface area contributed by atoms with E-state index in [4.69, 9.17) is 5.11 Å². The molecule has 0 bridgehead atoms. The zero-order valence-corrected chi connectivity index (χ0v) is 11.3. The topological polar surface area (TPSA) is 53.3 Å². The van der Waals surface area contributed by atoms with Gasteiger partial charge in [0.2, 0.25) is 0 Å². The highest BCUT2D eigenvalue weighted by Gasteiger charge is 2.17. The summed E-state index contributed by atoms with van der Waals surface area (Å²) in [5.74, 6) is 1.12. The molecule has 0 amide bonds. The molecule has 1 aromatic rings. The van der Waals surface area contributed by atoms with Gasteiger partial charge in [-0.05, 0) is 20.4 Å². The summed E-state index contributed by atoms with van der Waals surface area (Å²) in [6, 6.07) is 0. The minimum Gasteiger partial charge on any atom is -0.395 e. The predicted octanol–water partition coefficient (Wildman–Crippen LogP) is 0.657. The van der Waals surface area contributed by atoms with Crippen molar-refractivity contribution in [3.05, 3.63) is 11.3 Å². The van der Waals surface area contributed by atoms with Gasteiger partial charge in [-0.1, -0.05) is 6.92 Å². The molecule has 1 rings (SSSR count). The molecular formula is C12H24N4O. The van der Waals surface area contributed by atoms with E-state index in [0.29, 0.717) is 6.54 Å². The third-order valence-electron chi connectivity index (χ3n) is 2.83. The number of hydrogen-bond donors (Lipinski definition) is 2. The third kappa shape index (κ3) is 3.20. The van der Waals surface area contributed by atoms with Crippen molar-refractivity contribution in [3.8, 4) is 0 Å². The SMILES string of the molecule is CCCN(CCO)c1c(CNC)c(C)nn1C. The molecule has 0 spiro atoms. The van der Waals surface area contributed by atoms with Crippen molar-refractivity contribution in [2.75, 3.05) is 31.6 Å². The van der Waals surface area contributed by atoms with Crippen molar-refractivity contribution in [2.24, 2.45) is 7.05 Å². The van der Waals surface area contributed by atoms with Crippen molar-refractivity contribution in [1.82, 2.24) is 15.1 Å². The molecular weight excluding hydrogens is 216 g/mol. The highest BCUT2D eigenvalue weighted by molar-refractivity contribution is 5.50. The highest BCUT2D eigenvalue weighted by Crippen LogP contribution is 2.23. The predicted molar refractivity (Wildman–Crippen MR) is 70.3 cm³/mol. The summed E-state index contributed by atoms with van der Waals surface area (Å²) in [5, 5.41) is 16.8. The Morgan fingerprint density at radius 2 is 2.12 bits per heavy atom. The fourth-order valence-corrected chi connectivity index (χ4v) is 2.18. The molecule has 0 saturated heterocycles. The first-order valence-corrected chi connectivity index (χ1v) is 6.18. The molecule has 1 aromatic heterocycles. The maximum atomic E-state index is 9.16. The Morgan fingerprint density at radius 1 is 1.41 bits per heavy atom. The van der Waals surface area contributed by atoms with Crippen LogP contribution in [0.4, 0.5) is 5.82 Å². The van der Waals surface area contributed by atoms with Crippen molar-refractivity contribution >= 4 is 5.82 Å². The van der Waals surface area contributed by atoms with Crippen LogP contribution in [-0.4, -0.2) is 41.6 Å². The summed E-state index contributed by atoms with van der Waals surface area (Å²) >= 11 is 0. The van der Waals surface area contributed by atoms with Crippen molar-refractivity contribution in [2.45, 2.75) is 26.8 Å². The standard InChI is InChI=1S/C12H24N4O/c1-5-6-16(7-8-17)12-11(9-13-3)10(2)14-15(12)4/h13,17H,5-9H2,1-4H3. The van der Waals surface area contributed by atoms with Crippen molar-refractivity contribution in [3.63, 3.8) is 0 Å². The molecule has 0 aliphatic rings. The second kappa shape index (κ2) is 6.61. The van der Waals surface area contributed by atoms with E-state index in [9.17, 15) is 0 Å². The molecule has 0 aliphatic heterocycles. The van der Waals surface area contributed by atoms with Crippen LogP contribution < -0.4 is 10.2 Å². The Hall–Kier alpha value is -1.07. The van der Waals surface area contributed by atoms with Crippen LogP contribution in [0.25, 0.3) is 0 Å². The van der Waals surface area contributed by atoms with Crippen LogP contribution in [-0.2, 0) is 13.6 Å². The van der Waals surface area contributed by atoms with Gasteiger partial charge in [0.25, 0.3) is 0 Å². The average Bonchev–Trinajstić information content (AvgIpc) is 2.54. The lowest BCUT2D eigenvalue weighted by molar-refractivity contribution is 0.301. The summed E-state index contributed by atoms with van der Waals surface area (Å²) < 4.78 is 1.91. The smallest absolute Gasteiger partial charge is 0.131 e. The monoisotopic (exact) mass is 240 g/mol.